The standard InChI is InChI=1S/C21H19FN6OS/c1-23-20(29)16-6-19-18(8-25-16)28-10-17(26-21(28)30-19)14-3-2-12(5-15(14)22)27-9-11-4-13(27)7-24-11/h2-3,5-6,8,10-11,13,24H,4,7,9H2,1H3,(H,23,29). The molecule has 152 valence electrons. The van der Waals surface area contributed by atoms with Crippen molar-refractivity contribution in [1.29, 1.82) is 0 Å². The average molecular weight is 422 g/mol. The van der Waals surface area contributed by atoms with Crippen LogP contribution in [0.5, 0.6) is 0 Å². The van der Waals surface area contributed by atoms with Crippen LogP contribution in [0, 0.1) is 5.82 Å². The third-order valence-electron chi connectivity index (χ3n) is 6.06. The number of pyridine rings is 1. The lowest BCUT2D eigenvalue weighted by atomic mass is 10.1. The Balaban J connectivity index is 1.36. The van der Waals surface area contributed by atoms with Crippen molar-refractivity contribution in [3.63, 3.8) is 0 Å². The molecule has 2 bridgehead atoms. The second-order valence-electron chi connectivity index (χ2n) is 7.81. The highest BCUT2D eigenvalue weighted by molar-refractivity contribution is 7.23. The van der Waals surface area contributed by atoms with Gasteiger partial charge in [-0.2, -0.15) is 0 Å². The summed E-state index contributed by atoms with van der Waals surface area (Å²) in [5.41, 5.74) is 3.22. The lowest BCUT2D eigenvalue weighted by Crippen LogP contribution is -2.43. The summed E-state index contributed by atoms with van der Waals surface area (Å²) >= 11 is 1.45. The average Bonchev–Trinajstić information content (AvgIpc) is 3.52. The van der Waals surface area contributed by atoms with E-state index >= 15 is 4.39 Å². The number of thiazole rings is 1. The van der Waals surface area contributed by atoms with Crippen molar-refractivity contribution in [2.75, 3.05) is 25.0 Å². The zero-order chi connectivity index (χ0) is 20.4. The highest BCUT2D eigenvalue weighted by Crippen LogP contribution is 2.34. The Morgan fingerprint density at radius 2 is 2.27 bits per heavy atom. The van der Waals surface area contributed by atoms with Gasteiger partial charge in [0.25, 0.3) is 5.91 Å². The predicted molar refractivity (Wildman–Crippen MR) is 115 cm³/mol. The maximum Gasteiger partial charge on any atom is 0.269 e. The first-order valence-electron chi connectivity index (χ1n) is 9.90. The summed E-state index contributed by atoms with van der Waals surface area (Å²) in [7, 11) is 1.58. The summed E-state index contributed by atoms with van der Waals surface area (Å²) in [6.45, 7) is 1.90. The molecule has 2 aliphatic heterocycles. The molecule has 0 aliphatic carbocycles. The zero-order valence-electron chi connectivity index (χ0n) is 16.2. The van der Waals surface area contributed by atoms with Crippen molar-refractivity contribution in [2.45, 2.75) is 18.5 Å². The smallest absolute Gasteiger partial charge is 0.269 e. The number of benzene rings is 1. The number of carbonyl (C=O) groups excluding carboxylic acids is 1. The Labute approximate surface area is 175 Å². The van der Waals surface area contributed by atoms with Crippen LogP contribution in [0.1, 0.15) is 16.9 Å². The Hall–Kier alpha value is -3.04. The van der Waals surface area contributed by atoms with Gasteiger partial charge in [0, 0.05) is 49.7 Å². The second-order valence-corrected chi connectivity index (χ2v) is 8.82. The van der Waals surface area contributed by atoms with Gasteiger partial charge in [-0.05, 0) is 30.7 Å². The molecule has 0 spiro atoms. The molecule has 2 unspecified atom stereocenters. The summed E-state index contributed by atoms with van der Waals surface area (Å²) in [5, 5.41) is 6.05. The Morgan fingerprint density at radius 1 is 1.37 bits per heavy atom. The number of hydrogen-bond acceptors (Lipinski definition) is 6. The van der Waals surface area contributed by atoms with Crippen molar-refractivity contribution in [1.82, 2.24) is 25.0 Å². The number of fused-ring (bicyclic) bond motifs is 5. The van der Waals surface area contributed by atoms with Gasteiger partial charge in [0.05, 0.1) is 22.1 Å². The van der Waals surface area contributed by atoms with E-state index in [1.807, 2.05) is 22.7 Å². The Bertz CT molecular complexity index is 1310. The largest absolute Gasteiger partial charge is 0.366 e. The van der Waals surface area contributed by atoms with Gasteiger partial charge in [-0.3, -0.25) is 9.20 Å². The van der Waals surface area contributed by atoms with Crippen LogP contribution in [0.25, 0.3) is 26.4 Å². The number of carbonyl (C=O) groups is 1. The second kappa shape index (κ2) is 6.48. The van der Waals surface area contributed by atoms with Crippen LogP contribution in [0.4, 0.5) is 10.1 Å². The van der Waals surface area contributed by atoms with E-state index in [9.17, 15) is 4.79 Å². The molecule has 0 saturated carbocycles. The van der Waals surface area contributed by atoms with Gasteiger partial charge in [-0.25, -0.2) is 14.4 Å². The number of nitrogens with one attached hydrogen (secondary N) is 2. The maximum absolute atomic E-state index is 15.0. The summed E-state index contributed by atoms with van der Waals surface area (Å²) in [6, 6.07) is 8.16. The van der Waals surface area contributed by atoms with Crippen LogP contribution in [-0.2, 0) is 0 Å². The number of piperazine rings is 1. The summed E-state index contributed by atoms with van der Waals surface area (Å²) < 4.78 is 17.8. The highest BCUT2D eigenvalue weighted by atomic mass is 32.1. The quantitative estimate of drug-likeness (QED) is 0.531. The fourth-order valence-electron chi connectivity index (χ4n) is 4.55. The molecule has 2 saturated heterocycles. The van der Waals surface area contributed by atoms with E-state index in [0.717, 1.165) is 40.4 Å². The first-order chi connectivity index (χ1) is 14.6. The number of rotatable bonds is 3. The van der Waals surface area contributed by atoms with Crippen LogP contribution in [0.3, 0.4) is 0 Å². The monoisotopic (exact) mass is 422 g/mol. The van der Waals surface area contributed by atoms with Gasteiger partial charge in [0.2, 0.25) is 0 Å². The number of hydrogen-bond donors (Lipinski definition) is 2. The van der Waals surface area contributed by atoms with Crippen molar-refractivity contribution in [3.05, 3.63) is 48.2 Å². The van der Waals surface area contributed by atoms with E-state index < -0.39 is 0 Å². The van der Waals surface area contributed by atoms with Gasteiger partial charge in [0.15, 0.2) is 4.96 Å². The third-order valence-corrected chi connectivity index (χ3v) is 7.07. The molecule has 1 amide bonds. The molecule has 2 fully saturated rings. The molecule has 0 radical (unpaired) electrons. The van der Waals surface area contributed by atoms with Crippen LogP contribution in [0.15, 0.2) is 36.7 Å². The number of aromatic nitrogens is 3. The van der Waals surface area contributed by atoms with Crippen molar-refractivity contribution < 1.29 is 9.18 Å². The van der Waals surface area contributed by atoms with Crippen LogP contribution >= 0.6 is 11.3 Å². The minimum Gasteiger partial charge on any atom is -0.366 e. The minimum atomic E-state index is -0.265. The molecule has 2 aliphatic rings. The molecule has 2 atom stereocenters. The van der Waals surface area contributed by atoms with Crippen LogP contribution in [-0.4, -0.2) is 52.5 Å². The van der Waals surface area contributed by atoms with Gasteiger partial charge in [-0.15, -0.1) is 0 Å². The fraction of sp³-hybridized carbons (Fsp3) is 0.286. The van der Waals surface area contributed by atoms with Crippen molar-refractivity contribution >= 4 is 38.1 Å². The SMILES string of the molecule is CNC(=O)c1cc2sc3nc(-c4ccc(N5CC6CC5CN6)cc4F)cn3c2cn1. The molecule has 9 heteroatoms. The number of halogens is 1. The number of nitrogens with zero attached hydrogens (tertiary/aromatic N) is 4. The van der Waals surface area contributed by atoms with Crippen LogP contribution < -0.4 is 15.5 Å². The first-order valence-corrected chi connectivity index (χ1v) is 10.7. The summed E-state index contributed by atoms with van der Waals surface area (Å²) in [5.74, 6) is -0.494. The lowest BCUT2D eigenvalue weighted by molar-refractivity contribution is 0.0958. The Kier molecular flexibility index (Phi) is 3.84. The third kappa shape index (κ3) is 2.62. The predicted octanol–water partition coefficient (Wildman–Crippen LogP) is 2.66. The normalized spacial score (nSPS) is 20.5. The molecule has 7 nitrogen and oxygen atoms in total. The first kappa shape index (κ1) is 17.8. The van der Waals surface area contributed by atoms with E-state index in [1.165, 1.54) is 11.3 Å². The van der Waals surface area contributed by atoms with Gasteiger partial charge >= 0.3 is 0 Å². The number of imidazole rings is 1. The van der Waals surface area contributed by atoms with E-state index in [-0.39, 0.29) is 11.7 Å². The van der Waals surface area contributed by atoms with Crippen molar-refractivity contribution in [3.8, 4) is 11.3 Å². The molecular formula is C21H19FN6OS. The molecule has 6 rings (SSSR count). The maximum atomic E-state index is 15.0. The lowest BCUT2D eigenvalue weighted by Gasteiger charge is -2.29. The molecule has 2 N–H and O–H groups in total. The van der Waals surface area contributed by atoms with E-state index in [2.05, 4.69) is 25.5 Å². The van der Waals surface area contributed by atoms with Gasteiger partial charge in [0.1, 0.15) is 11.5 Å². The summed E-state index contributed by atoms with van der Waals surface area (Å²) in [4.78, 5) is 23.7. The molecule has 30 heavy (non-hydrogen) atoms. The van der Waals surface area contributed by atoms with Gasteiger partial charge in [-0.1, -0.05) is 11.3 Å². The summed E-state index contributed by atoms with van der Waals surface area (Å²) in [6.07, 6.45) is 4.61. The van der Waals surface area contributed by atoms with Gasteiger partial charge < -0.3 is 15.5 Å². The number of anilines is 1. The molecule has 3 aromatic heterocycles. The minimum absolute atomic E-state index is 0.229. The van der Waals surface area contributed by atoms with E-state index in [4.69, 9.17) is 0 Å². The molecular weight excluding hydrogens is 403 g/mol. The van der Waals surface area contributed by atoms with E-state index in [1.54, 1.807) is 25.4 Å². The number of amides is 1. The Morgan fingerprint density at radius 3 is 3.00 bits per heavy atom. The fourth-order valence-corrected chi connectivity index (χ4v) is 5.56. The molecule has 4 aromatic rings. The topological polar surface area (TPSA) is 74.6 Å². The molecule has 1 aromatic carbocycles. The highest BCUT2D eigenvalue weighted by Gasteiger charge is 2.37. The van der Waals surface area contributed by atoms with Crippen molar-refractivity contribution in [2.24, 2.45) is 0 Å². The van der Waals surface area contributed by atoms with E-state index in [0.29, 0.717) is 29.0 Å². The van der Waals surface area contributed by atoms with Crippen LogP contribution in [0.2, 0.25) is 0 Å². The molecule has 5 heterocycles. The zero-order valence-corrected chi connectivity index (χ0v) is 17.0.